The second-order valence-electron chi connectivity index (χ2n) is 4.47. The van der Waals surface area contributed by atoms with Crippen LogP contribution < -0.4 is 5.32 Å². The molecule has 3 rings (SSSR count). The van der Waals surface area contributed by atoms with E-state index in [9.17, 15) is 19.8 Å². The molecular formula is C9H12N2O6. The summed E-state index contributed by atoms with van der Waals surface area (Å²) >= 11 is 0. The Kier molecular flexibility index (Phi) is 2.02. The summed E-state index contributed by atoms with van der Waals surface area (Å²) in [6.07, 6.45) is -5.31. The highest BCUT2D eigenvalue weighted by atomic mass is 16.6. The molecule has 1 saturated carbocycles. The van der Waals surface area contributed by atoms with Gasteiger partial charge in [0.2, 0.25) is 0 Å². The zero-order valence-electron chi connectivity index (χ0n) is 8.94. The van der Waals surface area contributed by atoms with E-state index in [2.05, 4.69) is 5.32 Å². The SMILES string of the molecule is CN1C(=O)O[C@H]2[C@H]3NC(=O)O[C@@H]3[C@@H](O)[C@@H](O)[C@H]21. The minimum Gasteiger partial charge on any atom is -0.441 e. The number of ether oxygens (including phenoxy) is 2. The van der Waals surface area contributed by atoms with E-state index in [1.807, 2.05) is 0 Å². The van der Waals surface area contributed by atoms with Gasteiger partial charge in [0.25, 0.3) is 0 Å². The van der Waals surface area contributed by atoms with Crippen LogP contribution in [-0.4, -0.2) is 70.8 Å². The summed E-state index contributed by atoms with van der Waals surface area (Å²) in [5.74, 6) is 0. The van der Waals surface area contributed by atoms with Crippen LogP contribution in [-0.2, 0) is 9.47 Å². The van der Waals surface area contributed by atoms with Crippen molar-refractivity contribution in [2.24, 2.45) is 0 Å². The Labute approximate surface area is 96.1 Å². The molecule has 17 heavy (non-hydrogen) atoms. The van der Waals surface area contributed by atoms with Crippen molar-refractivity contribution >= 4 is 12.2 Å². The van der Waals surface area contributed by atoms with Crippen LogP contribution in [0.25, 0.3) is 0 Å². The van der Waals surface area contributed by atoms with E-state index in [1.165, 1.54) is 11.9 Å². The number of hydrogen-bond acceptors (Lipinski definition) is 6. The number of aliphatic hydroxyl groups is 2. The van der Waals surface area contributed by atoms with E-state index in [4.69, 9.17) is 9.47 Å². The van der Waals surface area contributed by atoms with Gasteiger partial charge in [-0.05, 0) is 0 Å². The van der Waals surface area contributed by atoms with Gasteiger partial charge in [-0.2, -0.15) is 0 Å². The van der Waals surface area contributed by atoms with Gasteiger partial charge in [0.1, 0.15) is 24.3 Å². The number of amides is 2. The van der Waals surface area contributed by atoms with Crippen molar-refractivity contribution in [3.05, 3.63) is 0 Å². The lowest BCUT2D eigenvalue weighted by Crippen LogP contribution is -2.65. The highest BCUT2D eigenvalue weighted by Crippen LogP contribution is 2.35. The number of nitrogens with zero attached hydrogens (tertiary/aromatic N) is 1. The van der Waals surface area contributed by atoms with Crippen LogP contribution in [0.3, 0.4) is 0 Å². The molecule has 2 aliphatic heterocycles. The predicted octanol–water partition coefficient (Wildman–Crippen LogP) is -1.98. The van der Waals surface area contributed by atoms with E-state index in [0.29, 0.717) is 0 Å². The number of nitrogens with one attached hydrogen (secondary N) is 1. The second-order valence-corrected chi connectivity index (χ2v) is 4.47. The number of alkyl carbamates (subject to hydrolysis) is 1. The number of rotatable bonds is 0. The van der Waals surface area contributed by atoms with E-state index in [-0.39, 0.29) is 0 Å². The molecular weight excluding hydrogens is 232 g/mol. The molecule has 1 aliphatic carbocycles. The van der Waals surface area contributed by atoms with Crippen LogP contribution in [0.5, 0.6) is 0 Å². The zero-order valence-corrected chi connectivity index (χ0v) is 8.94. The minimum absolute atomic E-state index is 0.590. The fourth-order valence-electron chi connectivity index (χ4n) is 2.72. The monoisotopic (exact) mass is 244 g/mol. The largest absolute Gasteiger partial charge is 0.441 e. The maximum absolute atomic E-state index is 11.4. The Hall–Kier alpha value is -1.54. The Morgan fingerprint density at radius 1 is 1.18 bits per heavy atom. The lowest BCUT2D eigenvalue weighted by atomic mass is 9.82. The molecule has 94 valence electrons. The molecule has 0 unspecified atom stereocenters. The first-order valence-electron chi connectivity index (χ1n) is 5.27. The van der Waals surface area contributed by atoms with Gasteiger partial charge in [-0.25, -0.2) is 9.59 Å². The van der Waals surface area contributed by atoms with Crippen LogP contribution in [0, 0.1) is 0 Å². The van der Waals surface area contributed by atoms with Crippen molar-refractivity contribution in [2.45, 2.75) is 36.5 Å². The molecule has 0 aromatic rings. The van der Waals surface area contributed by atoms with Gasteiger partial charge in [-0.15, -0.1) is 0 Å². The molecule has 3 fully saturated rings. The smallest absolute Gasteiger partial charge is 0.410 e. The van der Waals surface area contributed by atoms with Crippen LogP contribution in [0.2, 0.25) is 0 Å². The molecule has 3 aliphatic rings. The van der Waals surface area contributed by atoms with Crippen molar-refractivity contribution < 1.29 is 29.3 Å². The topological polar surface area (TPSA) is 108 Å². The summed E-state index contributed by atoms with van der Waals surface area (Å²) < 4.78 is 9.94. The van der Waals surface area contributed by atoms with Crippen molar-refractivity contribution in [3.63, 3.8) is 0 Å². The fourth-order valence-corrected chi connectivity index (χ4v) is 2.72. The Bertz CT molecular complexity index is 388. The molecule has 2 heterocycles. The lowest BCUT2D eigenvalue weighted by molar-refractivity contribution is -0.123. The Balaban J connectivity index is 1.96. The number of aliphatic hydroxyl groups excluding tert-OH is 2. The van der Waals surface area contributed by atoms with Gasteiger partial charge in [-0.3, -0.25) is 0 Å². The van der Waals surface area contributed by atoms with Gasteiger partial charge in [-0.1, -0.05) is 0 Å². The molecule has 0 radical (unpaired) electrons. The summed E-state index contributed by atoms with van der Waals surface area (Å²) in [6.45, 7) is 0. The molecule has 2 amide bonds. The average molecular weight is 244 g/mol. The number of carbonyl (C=O) groups excluding carboxylic acids is 2. The summed E-state index contributed by atoms with van der Waals surface area (Å²) in [5, 5.41) is 22.3. The van der Waals surface area contributed by atoms with E-state index >= 15 is 0 Å². The molecule has 6 atom stereocenters. The fraction of sp³-hybridized carbons (Fsp3) is 0.778. The molecule has 8 nitrogen and oxygen atoms in total. The van der Waals surface area contributed by atoms with Crippen molar-refractivity contribution in [3.8, 4) is 0 Å². The first-order chi connectivity index (χ1) is 8.00. The standard InChI is InChI=1S/C9H12N2O6/c1-11-3-4(12)5(13)7-2(10-8(14)16-7)6(3)17-9(11)15/h2-7,12-13H,1H3,(H,10,14)/t2-,3-,4+,5+,6+,7+/m1/s1. The van der Waals surface area contributed by atoms with Gasteiger partial charge >= 0.3 is 12.2 Å². The molecule has 0 spiro atoms. The third-order valence-corrected chi connectivity index (χ3v) is 3.58. The molecule has 0 aromatic carbocycles. The third-order valence-electron chi connectivity index (χ3n) is 3.58. The number of fused-ring (bicyclic) bond motifs is 3. The predicted molar refractivity (Wildman–Crippen MR) is 51.0 cm³/mol. The first kappa shape index (κ1) is 10.6. The number of carbonyl (C=O) groups is 2. The summed E-state index contributed by atoms with van der Waals surface area (Å²) in [6, 6.07) is -1.31. The Morgan fingerprint density at radius 3 is 2.59 bits per heavy atom. The van der Waals surface area contributed by atoms with Gasteiger partial charge in [0.05, 0.1) is 0 Å². The zero-order chi connectivity index (χ0) is 12.3. The highest BCUT2D eigenvalue weighted by Gasteiger charge is 2.61. The molecule has 0 aromatic heterocycles. The molecule has 3 N–H and O–H groups in total. The van der Waals surface area contributed by atoms with Crippen molar-refractivity contribution in [2.75, 3.05) is 7.05 Å². The van der Waals surface area contributed by atoms with Gasteiger partial charge < -0.3 is 29.9 Å². The summed E-state index contributed by atoms with van der Waals surface area (Å²) in [5.41, 5.74) is 0. The van der Waals surface area contributed by atoms with Crippen molar-refractivity contribution in [1.82, 2.24) is 10.2 Å². The lowest BCUT2D eigenvalue weighted by Gasteiger charge is -2.39. The van der Waals surface area contributed by atoms with Gasteiger partial charge in [0, 0.05) is 7.05 Å². The molecule has 0 bridgehead atoms. The van der Waals surface area contributed by atoms with Crippen LogP contribution in [0.15, 0.2) is 0 Å². The second kappa shape index (κ2) is 3.23. The number of hydrogen-bond donors (Lipinski definition) is 3. The van der Waals surface area contributed by atoms with E-state index < -0.39 is 48.7 Å². The summed E-state index contributed by atoms with van der Waals surface area (Å²) in [4.78, 5) is 23.8. The normalized spacial score (nSPS) is 48.1. The molecule has 8 heteroatoms. The third kappa shape index (κ3) is 1.25. The van der Waals surface area contributed by atoms with Gasteiger partial charge in [0.15, 0.2) is 12.2 Å². The minimum atomic E-state index is -1.24. The maximum Gasteiger partial charge on any atom is 0.410 e. The van der Waals surface area contributed by atoms with Crippen LogP contribution in [0.4, 0.5) is 9.59 Å². The Morgan fingerprint density at radius 2 is 1.88 bits per heavy atom. The van der Waals surface area contributed by atoms with E-state index in [1.54, 1.807) is 0 Å². The maximum atomic E-state index is 11.4. The first-order valence-corrected chi connectivity index (χ1v) is 5.27. The van der Waals surface area contributed by atoms with Crippen molar-refractivity contribution in [1.29, 1.82) is 0 Å². The summed E-state index contributed by atoms with van der Waals surface area (Å²) in [7, 11) is 1.47. The van der Waals surface area contributed by atoms with Crippen LogP contribution in [0.1, 0.15) is 0 Å². The highest BCUT2D eigenvalue weighted by molar-refractivity contribution is 5.73. The molecule has 2 saturated heterocycles. The quantitative estimate of drug-likeness (QED) is 0.455. The van der Waals surface area contributed by atoms with E-state index in [0.717, 1.165) is 0 Å². The average Bonchev–Trinajstić information content (AvgIpc) is 2.79. The van der Waals surface area contributed by atoms with Crippen LogP contribution >= 0.6 is 0 Å². The number of likely N-dealkylation sites (N-methyl/N-ethyl adjacent to an activating group) is 1.